The molecular formula is C21H22N4O3S. The number of ether oxygens (including phenoxy) is 1. The van der Waals surface area contributed by atoms with Crippen LogP contribution in [-0.4, -0.2) is 33.8 Å². The summed E-state index contributed by atoms with van der Waals surface area (Å²) in [5, 5.41) is 7.85. The molecule has 8 heteroatoms. The molecule has 0 unspecified atom stereocenters. The van der Waals surface area contributed by atoms with Crippen molar-refractivity contribution in [2.24, 2.45) is 0 Å². The van der Waals surface area contributed by atoms with Gasteiger partial charge in [0, 0.05) is 16.8 Å². The van der Waals surface area contributed by atoms with Crippen molar-refractivity contribution in [1.29, 1.82) is 0 Å². The zero-order chi connectivity index (χ0) is 20.5. The molecule has 0 aliphatic heterocycles. The lowest BCUT2D eigenvalue weighted by molar-refractivity contribution is 0.0601. The van der Waals surface area contributed by atoms with E-state index in [-0.39, 0.29) is 5.91 Å². The zero-order valence-corrected chi connectivity index (χ0v) is 17.4. The largest absolute Gasteiger partial charge is 0.465 e. The number of carbonyl (C=O) groups is 2. The maximum Gasteiger partial charge on any atom is 0.341 e. The van der Waals surface area contributed by atoms with E-state index in [1.807, 2.05) is 19.9 Å². The van der Waals surface area contributed by atoms with Crippen molar-refractivity contribution in [2.75, 3.05) is 12.4 Å². The second kappa shape index (κ2) is 7.79. The normalized spacial score (nSPS) is 13.1. The second-order valence-corrected chi connectivity index (χ2v) is 8.21. The fraction of sp³-hybridized carbons (Fsp3) is 0.333. The number of rotatable bonds is 4. The minimum absolute atomic E-state index is 0.304. The monoisotopic (exact) mass is 410 g/mol. The van der Waals surface area contributed by atoms with E-state index in [9.17, 15) is 9.59 Å². The summed E-state index contributed by atoms with van der Waals surface area (Å²) in [5.41, 5.74) is 3.80. The molecule has 1 amide bonds. The molecule has 0 spiro atoms. The van der Waals surface area contributed by atoms with Gasteiger partial charge in [-0.3, -0.25) is 4.79 Å². The van der Waals surface area contributed by atoms with Crippen LogP contribution in [0.1, 0.15) is 55.4 Å². The van der Waals surface area contributed by atoms with Crippen LogP contribution in [0, 0.1) is 13.8 Å². The van der Waals surface area contributed by atoms with Gasteiger partial charge in [-0.05, 0) is 63.3 Å². The van der Waals surface area contributed by atoms with Gasteiger partial charge in [-0.1, -0.05) is 0 Å². The molecule has 1 aliphatic rings. The summed E-state index contributed by atoms with van der Waals surface area (Å²) in [6, 6.07) is 5.43. The molecule has 0 saturated carbocycles. The van der Waals surface area contributed by atoms with E-state index in [2.05, 4.69) is 15.4 Å². The Bertz CT molecular complexity index is 1080. The van der Waals surface area contributed by atoms with Gasteiger partial charge in [0.15, 0.2) is 5.82 Å². The summed E-state index contributed by atoms with van der Waals surface area (Å²) < 4.78 is 6.70. The summed E-state index contributed by atoms with van der Waals surface area (Å²) in [6.45, 7) is 3.88. The number of aromatic nitrogens is 3. The van der Waals surface area contributed by atoms with Crippen LogP contribution in [0.25, 0.3) is 5.82 Å². The number of anilines is 1. The number of thiophene rings is 1. The fourth-order valence-electron chi connectivity index (χ4n) is 3.65. The van der Waals surface area contributed by atoms with Crippen LogP contribution in [0.15, 0.2) is 24.4 Å². The number of fused-ring (bicyclic) bond motifs is 1. The van der Waals surface area contributed by atoms with E-state index in [1.165, 1.54) is 24.6 Å². The number of nitrogens with zero attached hydrogens (tertiary/aromatic N) is 3. The van der Waals surface area contributed by atoms with E-state index in [0.717, 1.165) is 47.5 Å². The Morgan fingerprint density at radius 3 is 2.66 bits per heavy atom. The Morgan fingerprint density at radius 2 is 2.00 bits per heavy atom. The summed E-state index contributed by atoms with van der Waals surface area (Å²) in [6.07, 6.45) is 5.42. The number of aryl methyl sites for hydroxylation is 3. The maximum atomic E-state index is 12.8. The van der Waals surface area contributed by atoms with E-state index in [0.29, 0.717) is 21.9 Å². The highest BCUT2D eigenvalue weighted by atomic mass is 32.1. The molecule has 4 rings (SSSR count). The first kappa shape index (κ1) is 19.3. The Morgan fingerprint density at radius 1 is 1.21 bits per heavy atom. The molecule has 0 fully saturated rings. The van der Waals surface area contributed by atoms with Gasteiger partial charge in [0.1, 0.15) is 5.00 Å². The molecule has 1 N–H and O–H groups in total. The topological polar surface area (TPSA) is 86.1 Å². The Balaban J connectivity index is 1.59. The van der Waals surface area contributed by atoms with Gasteiger partial charge < -0.3 is 10.1 Å². The molecule has 1 aliphatic carbocycles. The van der Waals surface area contributed by atoms with Crippen molar-refractivity contribution in [2.45, 2.75) is 39.5 Å². The number of pyridine rings is 1. The predicted octanol–water partition coefficient (Wildman–Crippen LogP) is 3.86. The van der Waals surface area contributed by atoms with Crippen LogP contribution in [-0.2, 0) is 17.6 Å². The van der Waals surface area contributed by atoms with Crippen molar-refractivity contribution in [3.8, 4) is 5.82 Å². The van der Waals surface area contributed by atoms with Crippen LogP contribution in [0.3, 0.4) is 0 Å². The number of carbonyl (C=O) groups excluding carboxylic acids is 2. The molecule has 3 aromatic heterocycles. The number of esters is 1. The number of hydrogen-bond donors (Lipinski definition) is 1. The number of hydrogen-bond acceptors (Lipinski definition) is 6. The summed E-state index contributed by atoms with van der Waals surface area (Å²) in [7, 11) is 1.36. The van der Waals surface area contributed by atoms with E-state index >= 15 is 0 Å². The van der Waals surface area contributed by atoms with Gasteiger partial charge in [-0.2, -0.15) is 5.10 Å². The third-order valence-electron chi connectivity index (χ3n) is 5.02. The van der Waals surface area contributed by atoms with Crippen LogP contribution < -0.4 is 5.32 Å². The fourth-order valence-corrected chi connectivity index (χ4v) is 4.93. The molecule has 29 heavy (non-hydrogen) atoms. The van der Waals surface area contributed by atoms with Gasteiger partial charge in [-0.25, -0.2) is 14.5 Å². The highest BCUT2D eigenvalue weighted by molar-refractivity contribution is 7.17. The van der Waals surface area contributed by atoms with Crippen LogP contribution in [0.5, 0.6) is 0 Å². The minimum Gasteiger partial charge on any atom is -0.465 e. The standard InChI is InChI=1S/C21H22N4O3S/c1-12-10-13(2)25(24-12)17-9-8-14(11-22-17)19(26)23-20-18(21(27)28-3)15-6-4-5-7-16(15)29-20/h8-11H,4-7H2,1-3H3,(H,23,26). The van der Waals surface area contributed by atoms with Crippen molar-refractivity contribution < 1.29 is 14.3 Å². The molecule has 0 atom stereocenters. The summed E-state index contributed by atoms with van der Waals surface area (Å²) >= 11 is 1.47. The van der Waals surface area contributed by atoms with Gasteiger partial charge >= 0.3 is 5.97 Å². The summed E-state index contributed by atoms with van der Waals surface area (Å²) in [5.74, 6) is -0.0622. The van der Waals surface area contributed by atoms with Crippen LogP contribution in [0.4, 0.5) is 5.00 Å². The quantitative estimate of drug-likeness (QED) is 0.660. The van der Waals surface area contributed by atoms with Crippen molar-refractivity contribution >= 4 is 28.2 Å². The van der Waals surface area contributed by atoms with Crippen molar-refractivity contribution in [1.82, 2.24) is 14.8 Å². The van der Waals surface area contributed by atoms with E-state index < -0.39 is 5.97 Å². The molecule has 0 bridgehead atoms. The first-order valence-corrected chi connectivity index (χ1v) is 10.3. The lowest BCUT2D eigenvalue weighted by Crippen LogP contribution is -2.15. The minimum atomic E-state index is -0.405. The van der Waals surface area contributed by atoms with Gasteiger partial charge in [0.25, 0.3) is 5.91 Å². The Kier molecular flexibility index (Phi) is 5.19. The van der Waals surface area contributed by atoms with E-state index in [1.54, 1.807) is 16.8 Å². The average Bonchev–Trinajstić information content (AvgIpc) is 3.26. The Hall–Kier alpha value is -3.00. The van der Waals surface area contributed by atoms with Gasteiger partial charge in [0.2, 0.25) is 0 Å². The van der Waals surface area contributed by atoms with Gasteiger partial charge in [0.05, 0.1) is 23.9 Å². The highest BCUT2D eigenvalue weighted by Crippen LogP contribution is 2.38. The first-order chi connectivity index (χ1) is 14.0. The molecule has 3 aromatic rings. The third-order valence-corrected chi connectivity index (χ3v) is 6.23. The van der Waals surface area contributed by atoms with E-state index in [4.69, 9.17) is 4.74 Å². The number of methoxy groups -OCH3 is 1. The zero-order valence-electron chi connectivity index (χ0n) is 16.6. The van der Waals surface area contributed by atoms with Crippen LogP contribution >= 0.6 is 11.3 Å². The number of amides is 1. The lowest BCUT2D eigenvalue weighted by atomic mass is 9.95. The lowest BCUT2D eigenvalue weighted by Gasteiger charge is -2.11. The third kappa shape index (κ3) is 3.67. The summed E-state index contributed by atoms with van der Waals surface area (Å²) in [4.78, 5) is 30.7. The number of nitrogens with one attached hydrogen (secondary N) is 1. The molecule has 7 nitrogen and oxygen atoms in total. The van der Waals surface area contributed by atoms with Gasteiger partial charge in [-0.15, -0.1) is 11.3 Å². The predicted molar refractivity (Wildman–Crippen MR) is 111 cm³/mol. The average molecular weight is 410 g/mol. The molecule has 150 valence electrons. The highest BCUT2D eigenvalue weighted by Gasteiger charge is 2.27. The molecule has 3 heterocycles. The maximum absolute atomic E-state index is 12.8. The Labute approximate surface area is 172 Å². The molecule has 0 saturated heterocycles. The molecular weight excluding hydrogens is 388 g/mol. The smallest absolute Gasteiger partial charge is 0.341 e. The first-order valence-electron chi connectivity index (χ1n) is 9.52. The van der Waals surface area contributed by atoms with Crippen LogP contribution in [0.2, 0.25) is 0 Å². The van der Waals surface area contributed by atoms with Crippen molar-refractivity contribution in [3.63, 3.8) is 0 Å². The molecule has 0 radical (unpaired) electrons. The van der Waals surface area contributed by atoms with Crippen molar-refractivity contribution in [3.05, 3.63) is 57.4 Å². The second-order valence-electron chi connectivity index (χ2n) is 7.10. The SMILES string of the molecule is COC(=O)c1c(NC(=O)c2ccc(-n3nc(C)cc3C)nc2)sc2c1CCCC2. The molecule has 0 aromatic carbocycles.